The molecule has 4 bridgehead atoms. The van der Waals surface area contributed by atoms with E-state index in [9.17, 15) is 8.42 Å². The Morgan fingerprint density at radius 3 is 2.10 bits per heavy atom. The summed E-state index contributed by atoms with van der Waals surface area (Å²) in [5.41, 5.74) is -0.105. The Morgan fingerprint density at radius 2 is 1.62 bits per heavy atom. The van der Waals surface area contributed by atoms with E-state index in [1.54, 1.807) is 0 Å². The van der Waals surface area contributed by atoms with Crippen LogP contribution in [0.2, 0.25) is 0 Å². The molecule has 0 radical (unpaired) electrons. The summed E-state index contributed by atoms with van der Waals surface area (Å²) in [6.45, 7) is 5.36. The summed E-state index contributed by atoms with van der Waals surface area (Å²) in [5.74, 6) is 2.31. The molecule has 0 aromatic rings. The molecular formula is C16H30N2O2S. The number of hydrogen-bond acceptors (Lipinski definition) is 3. The molecule has 21 heavy (non-hydrogen) atoms. The van der Waals surface area contributed by atoms with Gasteiger partial charge in [-0.15, -0.1) is 0 Å². The van der Waals surface area contributed by atoms with Crippen molar-refractivity contribution in [1.82, 2.24) is 10.0 Å². The smallest absolute Gasteiger partial charge is 0.215 e. The minimum atomic E-state index is -3.22. The van der Waals surface area contributed by atoms with Crippen molar-refractivity contribution >= 4 is 10.0 Å². The van der Waals surface area contributed by atoms with Gasteiger partial charge in [-0.1, -0.05) is 6.92 Å². The normalized spacial score (nSPS) is 39.6. The third kappa shape index (κ3) is 3.30. The van der Waals surface area contributed by atoms with Gasteiger partial charge >= 0.3 is 0 Å². The molecule has 4 fully saturated rings. The van der Waals surface area contributed by atoms with Crippen LogP contribution in [-0.4, -0.2) is 32.3 Å². The van der Waals surface area contributed by atoms with E-state index in [4.69, 9.17) is 0 Å². The van der Waals surface area contributed by atoms with E-state index in [0.717, 1.165) is 50.0 Å². The second kappa shape index (κ2) is 5.82. The highest BCUT2D eigenvalue weighted by Crippen LogP contribution is 2.55. The molecule has 0 aromatic carbocycles. The Balaban J connectivity index is 1.65. The fourth-order valence-corrected chi connectivity index (χ4v) is 6.62. The maximum absolute atomic E-state index is 12.7. The Labute approximate surface area is 129 Å². The van der Waals surface area contributed by atoms with Crippen LogP contribution >= 0.6 is 0 Å². The third-order valence-corrected chi connectivity index (χ3v) is 7.73. The topological polar surface area (TPSA) is 58.2 Å². The predicted octanol–water partition coefficient (Wildman–Crippen LogP) is 2.26. The minimum Gasteiger partial charge on any atom is -0.315 e. The number of nitrogens with one attached hydrogen (secondary N) is 2. The molecule has 0 aliphatic heterocycles. The van der Waals surface area contributed by atoms with E-state index in [1.165, 1.54) is 19.3 Å². The first-order valence-corrected chi connectivity index (χ1v) is 10.2. The lowest BCUT2D eigenvalue weighted by Crippen LogP contribution is -2.61. The molecule has 4 nitrogen and oxygen atoms in total. The molecule has 2 N–H and O–H groups in total. The van der Waals surface area contributed by atoms with Crippen LogP contribution in [0.3, 0.4) is 0 Å². The van der Waals surface area contributed by atoms with Crippen LogP contribution < -0.4 is 10.0 Å². The van der Waals surface area contributed by atoms with E-state index in [0.29, 0.717) is 6.54 Å². The van der Waals surface area contributed by atoms with Gasteiger partial charge in [-0.25, -0.2) is 13.1 Å². The SMILES string of the molecule is CCCNCC(C)S(=O)(=O)NC12CC3CC(CC(C3)C1)C2. The molecule has 0 aromatic heterocycles. The van der Waals surface area contributed by atoms with Crippen molar-refractivity contribution in [3.05, 3.63) is 0 Å². The zero-order valence-electron chi connectivity index (χ0n) is 13.4. The zero-order valence-corrected chi connectivity index (χ0v) is 14.2. The highest BCUT2D eigenvalue weighted by molar-refractivity contribution is 7.90. The largest absolute Gasteiger partial charge is 0.315 e. The molecule has 5 heteroatoms. The quantitative estimate of drug-likeness (QED) is 0.709. The van der Waals surface area contributed by atoms with Crippen molar-refractivity contribution in [1.29, 1.82) is 0 Å². The predicted molar refractivity (Wildman–Crippen MR) is 85.6 cm³/mol. The second-order valence-electron chi connectivity index (χ2n) is 7.86. The number of sulfonamides is 1. The van der Waals surface area contributed by atoms with Crippen molar-refractivity contribution < 1.29 is 8.42 Å². The summed E-state index contributed by atoms with van der Waals surface area (Å²) in [4.78, 5) is 0. The summed E-state index contributed by atoms with van der Waals surface area (Å²) in [7, 11) is -3.22. The van der Waals surface area contributed by atoms with Crippen LogP contribution in [0.15, 0.2) is 0 Å². The molecule has 4 aliphatic carbocycles. The Bertz CT molecular complexity index is 439. The molecule has 1 atom stereocenters. The standard InChI is InChI=1S/C16H30N2O2S/c1-3-4-17-11-12(2)21(19,20)18-16-8-13-5-14(9-16)7-15(6-13)10-16/h12-15,17-18H,3-11H2,1-2H3. The molecule has 0 spiro atoms. The van der Waals surface area contributed by atoms with Crippen LogP contribution in [0.4, 0.5) is 0 Å². The minimum absolute atomic E-state index is 0.105. The fourth-order valence-electron chi connectivity index (χ4n) is 5.23. The van der Waals surface area contributed by atoms with Crippen molar-refractivity contribution in [3.8, 4) is 0 Å². The van der Waals surface area contributed by atoms with E-state index in [1.807, 2.05) is 6.92 Å². The lowest BCUT2D eigenvalue weighted by atomic mass is 9.53. The third-order valence-electron chi connectivity index (χ3n) is 5.79. The first kappa shape index (κ1) is 15.8. The summed E-state index contributed by atoms with van der Waals surface area (Å²) in [5, 5.41) is 2.88. The van der Waals surface area contributed by atoms with Crippen LogP contribution in [0, 0.1) is 17.8 Å². The first-order chi connectivity index (χ1) is 9.92. The lowest BCUT2D eigenvalue weighted by Gasteiger charge is -2.56. The van der Waals surface area contributed by atoms with Gasteiger partial charge in [-0.2, -0.15) is 0 Å². The van der Waals surface area contributed by atoms with Crippen LogP contribution in [-0.2, 0) is 10.0 Å². The summed E-state index contributed by atoms with van der Waals surface area (Å²) in [6.07, 6.45) is 8.29. The second-order valence-corrected chi connectivity index (χ2v) is 9.96. The Hall–Kier alpha value is -0.130. The van der Waals surface area contributed by atoms with E-state index in [2.05, 4.69) is 17.0 Å². The summed E-state index contributed by atoms with van der Waals surface area (Å²) >= 11 is 0. The van der Waals surface area contributed by atoms with Gasteiger partial charge in [0, 0.05) is 12.1 Å². The van der Waals surface area contributed by atoms with E-state index >= 15 is 0 Å². The lowest BCUT2D eigenvalue weighted by molar-refractivity contribution is -0.00820. The monoisotopic (exact) mass is 314 g/mol. The maximum Gasteiger partial charge on any atom is 0.215 e. The average molecular weight is 314 g/mol. The molecule has 4 rings (SSSR count). The van der Waals surface area contributed by atoms with Gasteiger partial charge < -0.3 is 5.32 Å². The fraction of sp³-hybridized carbons (Fsp3) is 1.00. The number of rotatable bonds is 7. The molecule has 122 valence electrons. The highest BCUT2D eigenvalue weighted by Gasteiger charge is 2.52. The molecule has 4 aliphatic rings. The maximum atomic E-state index is 12.7. The van der Waals surface area contributed by atoms with Gasteiger partial charge in [0.1, 0.15) is 0 Å². The molecule has 0 amide bonds. The van der Waals surface area contributed by atoms with E-state index < -0.39 is 10.0 Å². The van der Waals surface area contributed by atoms with Crippen molar-refractivity contribution in [2.24, 2.45) is 17.8 Å². The Kier molecular flexibility index (Phi) is 4.37. The first-order valence-electron chi connectivity index (χ1n) is 8.66. The molecule has 1 unspecified atom stereocenters. The van der Waals surface area contributed by atoms with E-state index in [-0.39, 0.29) is 10.8 Å². The van der Waals surface area contributed by atoms with Crippen LogP contribution in [0.25, 0.3) is 0 Å². The van der Waals surface area contributed by atoms with Gasteiger partial charge in [0.2, 0.25) is 10.0 Å². The zero-order chi connectivity index (χ0) is 15.1. The van der Waals surface area contributed by atoms with Crippen molar-refractivity contribution in [2.75, 3.05) is 13.1 Å². The van der Waals surface area contributed by atoms with Gasteiger partial charge in [-0.3, -0.25) is 0 Å². The average Bonchev–Trinajstić information content (AvgIpc) is 2.35. The van der Waals surface area contributed by atoms with Gasteiger partial charge in [0.05, 0.1) is 5.25 Å². The molecule has 0 heterocycles. The summed E-state index contributed by atoms with van der Waals surface area (Å²) in [6, 6.07) is 0. The van der Waals surface area contributed by atoms with Gasteiger partial charge in [0.25, 0.3) is 0 Å². The van der Waals surface area contributed by atoms with Crippen molar-refractivity contribution in [2.45, 2.75) is 69.6 Å². The summed E-state index contributed by atoms with van der Waals surface area (Å²) < 4.78 is 28.5. The van der Waals surface area contributed by atoms with Crippen molar-refractivity contribution in [3.63, 3.8) is 0 Å². The molecular weight excluding hydrogens is 284 g/mol. The Morgan fingerprint density at radius 1 is 1.10 bits per heavy atom. The molecule has 0 saturated heterocycles. The van der Waals surface area contributed by atoms with Gasteiger partial charge in [0.15, 0.2) is 0 Å². The van der Waals surface area contributed by atoms with Gasteiger partial charge in [-0.05, 0) is 76.2 Å². The van der Waals surface area contributed by atoms with Crippen LogP contribution in [0.1, 0.15) is 58.8 Å². The molecule has 4 saturated carbocycles. The number of hydrogen-bond donors (Lipinski definition) is 2. The highest BCUT2D eigenvalue weighted by atomic mass is 32.2. The van der Waals surface area contributed by atoms with Crippen LogP contribution in [0.5, 0.6) is 0 Å².